The quantitative estimate of drug-likeness (QED) is 0.479. The van der Waals surface area contributed by atoms with Gasteiger partial charge in [-0.3, -0.25) is 4.79 Å². The second-order valence-corrected chi connectivity index (χ2v) is 6.49. The summed E-state index contributed by atoms with van der Waals surface area (Å²) in [4.78, 5) is 11.9. The summed E-state index contributed by atoms with van der Waals surface area (Å²) in [6.07, 6.45) is 4.76. The summed E-state index contributed by atoms with van der Waals surface area (Å²) in [7, 11) is 0. The highest BCUT2D eigenvalue weighted by molar-refractivity contribution is 7.80. The molecule has 2 N–H and O–H groups in total. The number of anilines is 1. The van der Waals surface area contributed by atoms with Crippen LogP contribution in [0.5, 0.6) is 5.75 Å². The lowest BCUT2D eigenvalue weighted by Gasteiger charge is -2.14. The molecule has 0 unspecified atom stereocenters. The average molecular weight is 371 g/mol. The maximum Gasteiger partial charge on any atom is 0.226 e. The predicted molar refractivity (Wildman–Crippen MR) is 110 cm³/mol. The Hall–Kier alpha value is -2.40. The predicted octanol–water partition coefficient (Wildman–Crippen LogP) is 5.05. The first-order valence-electron chi connectivity index (χ1n) is 9.05. The summed E-state index contributed by atoms with van der Waals surface area (Å²) >= 11 is 5.25. The molecule has 0 fully saturated rings. The summed E-state index contributed by atoms with van der Waals surface area (Å²) in [5.74, 6) is 0.636. The number of thiocarbonyl (C=S) groups is 1. The van der Waals surface area contributed by atoms with Crippen LogP contribution in [0.2, 0.25) is 0 Å². The van der Waals surface area contributed by atoms with Gasteiger partial charge in [0.1, 0.15) is 12.4 Å². The van der Waals surface area contributed by atoms with Crippen LogP contribution < -0.4 is 15.4 Å². The molecule has 0 heterocycles. The summed E-state index contributed by atoms with van der Waals surface area (Å²) in [6.45, 7) is 2.62. The molecule has 0 saturated carbocycles. The molecule has 0 aromatic heterocycles. The van der Waals surface area contributed by atoms with Crippen molar-refractivity contribution in [3.63, 3.8) is 0 Å². The van der Waals surface area contributed by atoms with E-state index in [1.54, 1.807) is 0 Å². The van der Waals surface area contributed by atoms with Crippen molar-refractivity contribution >= 4 is 28.9 Å². The number of hydrogen-bond acceptors (Lipinski definition) is 3. The summed E-state index contributed by atoms with van der Waals surface area (Å²) < 4.78 is 5.89. The number of amides is 1. The fourth-order valence-electron chi connectivity index (χ4n) is 2.49. The van der Waals surface area contributed by atoms with Gasteiger partial charge in [0, 0.05) is 6.42 Å². The molecule has 2 aromatic rings. The molecule has 0 radical (unpaired) electrons. The van der Waals surface area contributed by atoms with Gasteiger partial charge in [0.25, 0.3) is 0 Å². The molecular formula is C21H26N2O2S. The zero-order valence-electron chi connectivity index (χ0n) is 15.2. The fraction of sp³-hybridized carbons (Fsp3) is 0.333. The third-order valence-corrected chi connectivity index (χ3v) is 4.09. The highest BCUT2D eigenvalue weighted by atomic mass is 32.1. The Morgan fingerprint density at radius 1 is 1.00 bits per heavy atom. The van der Waals surface area contributed by atoms with E-state index in [-0.39, 0.29) is 5.91 Å². The Balaban J connectivity index is 1.84. The fourth-order valence-corrected chi connectivity index (χ4v) is 2.71. The molecule has 5 heteroatoms. The van der Waals surface area contributed by atoms with Crippen molar-refractivity contribution in [1.82, 2.24) is 5.32 Å². The Bertz CT molecular complexity index is 704. The van der Waals surface area contributed by atoms with Gasteiger partial charge in [-0.25, -0.2) is 0 Å². The van der Waals surface area contributed by atoms with Gasteiger partial charge in [-0.2, -0.15) is 0 Å². The van der Waals surface area contributed by atoms with Gasteiger partial charge in [-0.05, 0) is 36.3 Å². The van der Waals surface area contributed by atoms with E-state index >= 15 is 0 Å². The molecule has 0 aliphatic rings. The number of benzene rings is 2. The highest BCUT2D eigenvalue weighted by Gasteiger charge is 2.08. The summed E-state index contributed by atoms with van der Waals surface area (Å²) in [6, 6.07) is 17.5. The number of carbonyl (C=O) groups is 1. The lowest BCUT2D eigenvalue weighted by atomic mass is 10.1. The minimum absolute atomic E-state index is 0.0544. The van der Waals surface area contributed by atoms with Crippen LogP contribution in [0.3, 0.4) is 0 Å². The first kappa shape index (κ1) is 19.9. The molecule has 0 atom stereocenters. The van der Waals surface area contributed by atoms with E-state index in [4.69, 9.17) is 17.0 Å². The highest BCUT2D eigenvalue weighted by Crippen LogP contribution is 2.24. The number of unbranched alkanes of at least 4 members (excludes halogenated alkanes) is 3. The van der Waals surface area contributed by atoms with Crippen LogP contribution in [0.4, 0.5) is 5.69 Å². The lowest BCUT2D eigenvalue weighted by molar-refractivity contribution is -0.119. The van der Waals surface area contributed by atoms with Crippen molar-refractivity contribution in [3.05, 3.63) is 60.2 Å². The van der Waals surface area contributed by atoms with Gasteiger partial charge >= 0.3 is 0 Å². The van der Waals surface area contributed by atoms with Crippen molar-refractivity contribution in [2.75, 3.05) is 5.32 Å². The molecule has 2 rings (SSSR count). The minimum atomic E-state index is -0.0544. The summed E-state index contributed by atoms with van der Waals surface area (Å²) in [5.41, 5.74) is 1.82. The maximum atomic E-state index is 11.9. The number of carbonyl (C=O) groups excluding carboxylic acids is 1. The number of para-hydroxylation sites is 2. The first-order valence-corrected chi connectivity index (χ1v) is 9.46. The van der Waals surface area contributed by atoms with Crippen LogP contribution in [0.15, 0.2) is 54.6 Å². The average Bonchev–Trinajstić information content (AvgIpc) is 2.65. The van der Waals surface area contributed by atoms with Crippen molar-refractivity contribution in [3.8, 4) is 5.75 Å². The van der Waals surface area contributed by atoms with Crippen LogP contribution >= 0.6 is 12.2 Å². The molecule has 0 aliphatic carbocycles. The normalized spacial score (nSPS) is 10.2. The molecule has 0 bridgehead atoms. The van der Waals surface area contributed by atoms with Crippen molar-refractivity contribution in [2.24, 2.45) is 0 Å². The van der Waals surface area contributed by atoms with E-state index in [0.717, 1.165) is 36.9 Å². The second-order valence-electron chi connectivity index (χ2n) is 6.08. The zero-order valence-corrected chi connectivity index (χ0v) is 16.0. The maximum absolute atomic E-state index is 11.9. The number of rotatable bonds is 9. The van der Waals surface area contributed by atoms with Crippen LogP contribution in [0, 0.1) is 0 Å². The Morgan fingerprint density at radius 2 is 1.73 bits per heavy atom. The van der Waals surface area contributed by atoms with Gasteiger partial charge < -0.3 is 15.4 Å². The monoisotopic (exact) mass is 370 g/mol. The van der Waals surface area contributed by atoms with E-state index in [1.807, 2.05) is 54.6 Å². The number of nitrogens with one attached hydrogen (secondary N) is 2. The van der Waals surface area contributed by atoms with Gasteiger partial charge in [0.05, 0.1) is 5.69 Å². The molecule has 0 aliphatic heterocycles. The van der Waals surface area contributed by atoms with Crippen molar-refractivity contribution < 1.29 is 9.53 Å². The topological polar surface area (TPSA) is 50.4 Å². The van der Waals surface area contributed by atoms with E-state index < -0.39 is 0 Å². The van der Waals surface area contributed by atoms with Crippen molar-refractivity contribution in [2.45, 2.75) is 45.6 Å². The molecule has 2 aromatic carbocycles. The third-order valence-electron chi connectivity index (χ3n) is 3.88. The van der Waals surface area contributed by atoms with Crippen LogP contribution in [-0.2, 0) is 11.4 Å². The molecular weight excluding hydrogens is 344 g/mol. The first-order chi connectivity index (χ1) is 12.7. The van der Waals surface area contributed by atoms with Crippen LogP contribution in [-0.4, -0.2) is 11.0 Å². The lowest BCUT2D eigenvalue weighted by Crippen LogP contribution is -2.34. The third kappa shape index (κ3) is 7.23. The van der Waals surface area contributed by atoms with E-state index in [2.05, 4.69) is 17.6 Å². The standard InChI is InChI=1S/C21H26N2O2S/c1-2-3-4-8-15-20(24)23-21(26)22-18-13-9-10-14-19(18)25-16-17-11-6-5-7-12-17/h5-7,9-14H,2-4,8,15-16H2,1H3,(H2,22,23,24,26). The Morgan fingerprint density at radius 3 is 2.50 bits per heavy atom. The second kappa shape index (κ2) is 11.3. The van der Waals surface area contributed by atoms with Crippen LogP contribution in [0.25, 0.3) is 0 Å². The van der Waals surface area contributed by atoms with Crippen molar-refractivity contribution in [1.29, 1.82) is 0 Å². The van der Waals surface area contributed by atoms with E-state index in [0.29, 0.717) is 23.9 Å². The Labute approximate surface area is 161 Å². The minimum Gasteiger partial charge on any atom is -0.487 e. The van der Waals surface area contributed by atoms with E-state index in [1.165, 1.54) is 0 Å². The van der Waals surface area contributed by atoms with Gasteiger partial charge in [-0.1, -0.05) is 68.7 Å². The van der Waals surface area contributed by atoms with Gasteiger partial charge in [-0.15, -0.1) is 0 Å². The van der Waals surface area contributed by atoms with Gasteiger partial charge in [0.15, 0.2) is 5.11 Å². The molecule has 138 valence electrons. The zero-order chi connectivity index (χ0) is 18.6. The smallest absolute Gasteiger partial charge is 0.226 e. The number of ether oxygens (including phenoxy) is 1. The molecule has 26 heavy (non-hydrogen) atoms. The SMILES string of the molecule is CCCCCCC(=O)NC(=S)Nc1ccccc1OCc1ccccc1. The molecule has 1 amide bonds. The Kier molecular flexibility index (Phi) is 8.63. The largest absolute Gasteiger partial charge is 0.487 e. The molecule has 4 nitrogen and oxygen atoms in total. The number of hydrogen-bond donors (Lipinski definition) is 2. The molecule has 0 spiro atoms. The summed E-state index contributed by atoms with van der Waals surface area (Å²) in [5, 5.41) is 6.08. The van der Waals surface area contributed by atoms with Gasteiger partial charge in [0.2, 0.25) is 5.91 Å². The van der Waals surface area contributed by atoms with Crippen LogP contribution in [0.1, 0.15) is 44.6 Å². The van der Waals surface area contributed by atoms with E-state index in [9.17, 15) is 4.79 Å². The molecule has 0 saturated heterocycles.